The Morgan fingerprint density at radius 3 is 2.12 bits per heavy atom. The molecule has 25 heavy (non-hydrogen) atoms. The van der Waals surface area contributed by atoms with Crippen LogP contribution in [0.15, 0.2) is 54.6 Å². The van der Waals surface area contributed by atoms with Gasteiger partial charge < -0.3 is 5.32 Å². The van der Waals surface area contributed by atoms with Crippen LogP contribution in [0.25, 0.3) is 11.1 Å². The lowest BCUT2D eigenvalue weighted by molar-refractivity contribution is -0.129. The first-order chi connectivity index (χ1) is 12.2. The van der Waals surface area contributed by atoms with Crippen molar-refractivity contribution in [1.29, 1.82) is 0 Å². The summed E-state index contributed by atoms with van der Waals surface area (Å²) < 4.78 is 0. The molecule has 0 aliphatic rings. The van der Waals surface area contributed by atoms with Crippen molar-refractivity contribution in [2.75, 3.05) is 6.54 Å². The Balaban J connectivity index is 1.68. The fourth-order valence-electron chi connectivity index (χ4n) is 2.57. The molecule has 2 rings (SSSR count). The molecule has 2 aromatic rings. The van der Waals surface area contributed by atoms with Gasteiger partial charge >= 0.3 is 0 Å². The molecular formula is C20H24N2O3. The van der Waals surface area contributed by atoms with Gasteiger partial charge in [0.05, 0.1) is 0 Å². The third-order valence-corrected chi connectivity index (χ3v) is 4.00. The van der Waals surface area contributed by atoms with Crippen LogP contribution in [0.1, 0.15) is 42.5 Å². The van der Waals surface area contributed by atoms with Gasteiger partial charge in [-0.25, -0.2) is 5.48 Å². The second kappa shape index (κ2) is 10.3. The molecule has 0 aromatic heterocycles. The first-order valence-corrected chi connectivity index (χ1v) is 8.57. The summed E-state index contributed by atoms with van der Waals surface area (Å²) in [5.41, 5.74) is 4.49. The van der Waals surface area contributed by atoms with Crippen LogP contribution in [0.4, 0.5) is 0 Å². The summed E-state index contributed by atoms with van der Waals surface area (Å²) in [5.74, 6) is -0.425. The molecule has 0 fully saturated rings. The summed E-state index contributed by atoms with van der Waals surface area (Å²) in [6.45, 7) is 0.617. The van der Waals surface area contributed by atoms with Crippen LogP contribution in [0.3, 0.4) is 0 Å². The minimum atomic E-state index is -0.354. The molecular weight excluding hydrogens is 316 g/mol. The number of amides is 2. The molecule has 3 N–H and O–H groups in total. The summed E-state index contributed by atoms with van der Waals surface area (Å²) in [6, 6.07) is 17.6. The van der Waals surface area contributed by atoms with Gasteiger partial charge in [-0.1, -0.05) is 55.3 Å². The topological polar surface area (TPSA) is 78.4 Å². The second-order valence-electron chi connectivity index (χ2n) is 5.90. The Labute approximate surface area is 148 Å². The zero-order valence-corrected chi connectivity index (χ0v) is 14.2. The van der Waals surface area contributed by atoms with Crippen LogP contribution in [0.5, 0.6) is 0 Å². The highest BCUT2D eigenvalue weighted by atomic mass is 16.5. The van der Waals surface area contributed by atoms with Crippen LogP contribution in [0.2, 0.25) is 0 Å². The van der Waals surface area contributed by atoms with Gasteiger partial charge in [0.1, 0.15) is 0 Å². The third-order valence-electron chi connectivity index (χ3n) is 4.00. The molecule has 0 spiro atoms. The standard InChI is InChI=1S/C20H24N2O3/c23-19(22-25)10-6-1-2-7-15-21-20(24)18-13-11-17(12-14-18)16-8-4-3-5-9-16/h3-5,8-9,11-14,25H,1-2,6-7,10,15H2,(H,21,24)(H,22,23). The highest BCUT2D eigenvalue weighted by molar-refractivity contribution is 5.94. The number of carbonyl (C=O) groups is 2. The largest absolute Gasteiger partial charge is 0.352 e. The molecule has 132 valence electrons. The first-order valence-electron chi connectivity index (χ1n) is 8.57. The lowest BCUT2D eigenvalue weighted by atomic mass is 10.0. The van der Waals surface area contributed by atoms with E-state index < -0.39 is 0 Å². The fraction of sp³-hybridized carbons (Fsp3) is 0.300. The van der Waals surface area contributed by atoms with E-state index in [1.807, 2.05) is 54.6 Å². The van der Waals surface area contributed by atoms with Gasteiger partial charge in [0.25, 0.3) is 5.91 Å². The van der Waals surface area contributed by atoms with Crippen molar-refractivity contribution in [3.05, 3.63) is 60.2 Å². The quantitative estimate of drug-likeness (QED) is 0.371. The Morgan fingerprint density at radius 2 is 1.44 bits per heavy atom. The van der Waals surface area contributed by atoms with E-state index in [1.54, 1.807) is 5.48 Å². The third kappa shape index (κ3) is 6.39. The molecule has 2 amide bonds. The van der Waals surface area contributed by atoms with Crippen LogP contribution in [-0.4, -0.2) is 23.6 Å². The number of unbranched alkanes of at least 4 members (excludes halogenated alkanes) is 3. The maximum absolute atomic E-state index is 12.1. The average molecular weight is 340 g/mol. The number of rotatable bonds is 9. The van der Waals surface area contributed by atoms with Crippen LogP contribution in [0, 0.1) is 0 Å². The van der Waals surface area contributed by atoms with Gasteiger partial charge in [0.2, 0.25) is 5.91 Å². The lowest BCUT2D eigenvalue weighted by Crippen LogP contribution is -2.24. The molecule has 0 saturated carbocycles. The Kier molecular flexibility index (Phi) is 7.66. The second-order valence-corrected chi connectivity index (χ2v) is 5.90. The molecule has 0 heterocycles. The van der Waals surface area contributed by atoms with Gasteiger partial charge in [-0.05, 0) is 36.1 Å². The summed E-state index contributed by atoms with van der Waals surface area (Å²) >= 11 is 0. The predicted octanol–water partition coefficient (Wildman–Crippen LogP) is 3.54. The maximum atomic E-state index is 12.1. The number of carbonyl (C=O) groups excluding carboxylic acids is 2. The Hall–Kier alpha value is -2.66. The van der Waals surface area contributed by atoms with Crippen LogP contribution in [-0.2, 0) is 4.79 Å². The van der Waals surface area contributed by atoms with Gasteiger partial charge in [-0.2, -0.15) is 0 Å². The van der Waals surface area contributed by atoms with Crippen LogP contribution >= 0.6 is 0 Å². The van der Waals surface area contributed by atoms with E-state index in [-0.39, 0.29) is 11.8 Å². The summed E-state index contributed by atoms with van der Waals surface area (Å²) in [7, 11) is 0. The van der Waals surface area contributed by atoms with E-state index in [0.717, 1.165) is 36.8 Å². The van der Waals surface area contributed by atoms with E-state index in [1.165, 1.54) is 0 Å². The highest BCUT2D eigenvalue weighted by Crippen LogP contribution is 2.19. The fourth-order valence-corrected chi connectivity index (χ4v) is 2.57. The molecule has 0 radical (unpaired) electrons. The molecule has 0 bridgehead atoms. The lowest BCUT2D eigenvalue weighted by Gasteiger charge is -2.07. The van der Waals surface area contributed by atoms with Gasteiger partial charge in [0.15, 0.2) is 0 Å². The number of hydrogen-bond donors (Lipinski definition) is 3. The first kappa shape index (κ1) is 18.7. The minimum absolute atomic E-state index is 0.0701. The van der Waals surface area contributed by atoms with Gasteiger partial charge in [-0.15, -0.1) is 0 Å². The summed E-state index contributed by atoms with van der Waals surface area (Å²) in [6.07, 6.45) is 3.77. The van der Waals surface area contributed by atoms with Crippen molar-refractivity contribution >= 4 is 11.8 Å². The summed E-state index contributed by atoms with van der Waals surface area (Å²) in [5, 5.41) is 11.3. The molecule has 5 heteroatoms. The number of benzene rings is 2. The van der Waals surface area contributed by atoms with Crippen molar-refractivity contribution in [3.8, 4) is 11.1 Å². The molecule has 0 aliphatic heterocycles. The van der Waals surface area contributed by atoms with Crippen LogP contribution < -0.4 is 10.8 Å². The molecule has 0 unspecified atom stereocenters. The normalized spacial score (nSPS) is 10.3. The van der Waals surface area contributed by atoms with E-state index >= 15 is 0 Å². The Bertz CT molecular complexity index is 669. The maximum Gasteiger partial charge on any atom is 0.251 e. The number of hydroxylamine groups is 1. The SMILES string of the molecule is O=C(CCCCCCNC(=O)c1ccc(-c2ccccc2)cc1)NO. The van der Waals surface area contributed by atoms with E-state index in [9.17, 15) is 9.59 Å². The number of hydrogen-bond acceptors (Lipinski definition) is 3. The van der Waals surface area contributed by atoms with Gasteiger partial charge in [-0.3, -0.25) is 14.8 Å². The predicted molar refractivity (Wildman–Crippen MR) is 97.2 cm³/mol. The minimum Gasteiger partial charge on any atom is -0.352 e. The molecule has 2 aromatic carbocycles. The van der Waals surface area contributed by atoms with Crippen molar-refractivity contribution in [3.63, 3.8) is 0 Å². The van der Waals surface area contributed by atoms with E-state index in [0.29, 0.717) is 18.5 Å². The Morgan fingerprint density at radius 1 is 0.800 bits per heavy atom. The number of nitrogens with one attached hydrogen (secondary N) is 2. The molecule has 0 aliphatic carbocycles. The molecule has 0 saturated heterocycles. The summed E-state index contributed by atoms with van der Waals surface area (Å²) in [4.78, 5) is 23.0. The van der Waals surface area contributed by atoms with Crippen molar-refractivity contribution in [2.24, 2.45) is 0 Å². The highest BCUT2D eigenvalue weighted by Gasteiger charge is 2.05. The van der Waals surface area contributed by atoms with E-state index in [4.69, 9.17) is 5.21 Å². The van der Waals surface area contributed by atoms with Crippen molar-refractivity contribution < 1.29 is 14.8 Å². The van der Waals surface area contributed by atoms with E-state index in [2.05, 4.69) is 5.32 Å². The average Bonchev–Trinajstić information content (AvgIpc) is 2.67. The zero-order chi connectivity index (χ0) is 17.9. The monoisotopic (exact) mass is 340 g/mol. The molecule has 5 nitrogen and oxygen atoms in total. The zero-order valence-electron chi connectivity index (χ0n) is 14.2. The van der Waals surface area contributed by atoms with Gasteiger partial charge in [0, 0.05) is 18.5 Å². The van der Waals surface area contributed by atoms with Crippen molar-refractivity contribution in [2.45, 2.75) is 32.1 Å². The smallest absolute Gasteiger partial charge is 0.251 e. The molecule has 0 atom stereocenters. The van der Waals surface area contributed by atoms with Crippen molar-refractivity contribution in [1.82, 2.24) is 10.8 Å².